The Morgan fingerprint density at radius 3 is 2.74 bits per heavy atom. The molecular formula is C13H9F2NO3. The number of ether oxygens (including phenoxy) is 1. The Balaban J connectivity index is 2.10. The molecule has 0 aliphatic carbocycles. The third-order valence-electron chi connectivity index (χ3n) is 2.37. The van der Waals surface area contributed by atoms with Gasteiger partial charge in [0.15, 0.2) is 0 Å². The number of carbonyl (C=O) groups is 1. The number of carboxylic acids is 1. The van der Waals surface area contributed by atoms with E-state index in [1.165, 1.54) is 24.5 Å². The zero-order chi connectivity index (χ0) is 13.8. The summed E-state index contributed by atoms with van der Waals surface area (Å²) in [5.74, 6) is -2.33. The maximum atomic E-state index is 13.3. The summed E-state index contributed by atoms with van der Waals surface area (Å²) in [6, 6.07) is 4.41. The van der Waals surface area contributed by atoms with E-state index in [1.807, 2.05) is 0 Å². The molecule has 0 aliphatic heterocycles. The summed E-state index contributed by atoms with van der Waals surface area (Å²) in [5, 5.41) is 8.77. The topological polar surface area (TPSA) is 59.4 Å². The molecule has 98 valence electrons. The molecule has 0 saturated carbocycles. The number of benzene rings is 1. The van der Waals surface area contributed by atoms with Gasteiger partial charge < -0.3 is 9.84 Å². The van der Waals surface area contributed by atoms with Crippen molar-refractivity contribution in [3.63, 3.8) is 0 Å². The second-order valence-corrected chi connectivity index (χ2v) is 3.74. The molecule has 0 aliphatic rings. The molecule has 0 radical (unpaired) electrons. The Kier molecular flexibility index (Phi) is 3.70. The van der Waals surface area contributed by atoms with E-state index in [2.05, 4.69) is 4.98 Å². The van der Waals surface area contributed by atoms with Gasteiger partial charge in [0.25, 0.3) is 0 Å². The van der Waals surface area contributed by atoms with Crippen LogP contribution >= 0.6 is 0 Å². The van der Waals surface area contributed by atoms with Gasteiger partial charge in [0, 0.05) is 17.8 Å². The monoisotopic (exact) mass is 265 g/mol. The summed E-state index contributed by atoms with van der Waals surface area (Å²) < 4.78 is 31.2. The molecule has 0 unspecified atom stereocenters. The van der Waals surface area contributed by atoms with Crippen molar-refractivity contribution in [3.8, 4) is 5.75 Å². The zero-order valence-corrected chi connectivity index (χ0v) is 9.64. The van der Waals surface area contributed by atoms with Crippen LogP contribution in [0.2, 0.25) is 0 Å². The van der Waals surface area contributed by atoms with Crippen LogP contribution in [0.1, 0.15) is 15.9 Å². The highest BCUT2D eigenvalue weighted by atomic mass is 19.1. The first-order valence-electron chi connectivity index (χ1n) is 5.31. The Bertz CT molecular complexity index is 617. The van der Waals surface area contributed by atoms with Crippen molar-refractivity contribution in [3.05, 3.63) is 59.4 Å². The Morgan fingerprint density at radius 1 is 1.26 bits per heavy atom. The standard InChI is InChI=1S/C13H9F2NO3/c14-10-2-1-8(12(15)4-10)7-19-11-3-9(13(17)18)5-16-6-11/h1-6H,7H2,(H,17,18). The number of pyridine rings is 1. The highest BCUT2D eigenvalue weighted by molar-refractivity contribution is 5.87. The van der Waals surface area contributed by atoms with Gasteiger partial charge in [-0.15, -0.1) is 0 Å². The van der Waals surface area contributed by atoms with Gasteiger partial charge in [-0.1, -0.05) is 0 Å². The molecule has 2 rings (SSSR count). The average Bonchev–Trinajstić information content (AvgIpc) is 2.38. The lowest BCUT2D eigenvalue weighted by atomic mass is 10.2. The van der Waals surface area contributed by atoms with Crippen LogP contribution in [0.3, 0.4) is 0 Å². The number of aromatic nitrogens is 1. The van der Waals surface area contributed by atoms with Crippen LogP contribution in [0.15, 0.2) is 36.7 Å². The third-order valence-corrected chi connectivity index (χ3v) is 2.37. The van der Waals surface area contributed by atoms with Crippen molar-refractivity contribution in [2.24, 2.45) is 0 Å². The van der Waals surface area contributed by atoms with E-state index in [0.717, 1.165) is 12.1 Å². The highest BCUT2D eigenvalue weighted by Gasteiger charge is 2.07. The number of hydrogen-bond acceptors (Lipinski definition) is 3. The molecule has 0 amide bonds. The van der Waals surface area contributed by atoms with Crippen LogP contribution in [0, 0.1) is 11.6 Å². The van der Waals surface area contributed by atoms with Gasteiger partial charge in [-0.05, 0) is 18.2 Å². The van der Waals surface area contributed by atoms with Crippen LogP contribution in [-0.4, -0.2) is 16.1 Å². The van der Waals surface area contributed by atoms with E-state index in [4.69, 9.17) is 9.84 Å². The van der Waals surface area contributed by atoms with Crippen LogP contribution in [0.4, 0.5) is 8.78 Å². The highest BCUT2D eigenvalue weighted by Crippen LogP contribution is 2.15. The van der Waals surface area contributed by atoms with Gasteiger partial charge >= 0.3 is 5.97 Å². The van der Waals surface area contributed by atoms with E-state index in [-0.39, 0.29) is 23.5 Å². The van der Waals surface area contributed by atoms with Gasteiger partial charge in [-0.2, -0.15) is 0 Å². The third kappa shape index (κ3) is 3.25. The van der Waals surface area contributed by atoms with Crippen LogP contribution < -0.4 is 4.74 Å². The molecule has 1 aromatic heterocycles. The molecule has 1 aromatic carbocycles. The lowest BCUT2D eigenvalue weighted by Gasteiger charge is -2.07. The molecule has 2 aromatic rings. The summed E-state index contributed by atoms with van der Waals surface area (Å²) in [6.45, 7) is -0.142. The SMILES string of the molecule is O=C(O)c1cncc(OCc2ccc(F)cc2F)c1. The first-order valence-corrected chi connectivity index (χ1v) is 5.31. The van der Waals surface area contributed by atoms with E-state index in [0.29, 0.717) is 0 Å². The van der Waals surface area contributed by atoms with Gasteiger partial charge in [-0.25, -0.2) is 13.6 Å². The first kappa shape index (κ1) is 12.9. The summed E-state index contributed by atoms with van der Waals surface area (Å²) >= 11 is 0. The molecular weight excluding hydrogens is 256 g/mol. The van der Waals surface area contributed by atoms with Crippen LogP contribution in [0.25, 0.3) is 0 Å². The number of carboxylic acid groups (broad SMARTS) is 1. The number of nitrogens with zero attached hydrogens (tertiary/aromatic N) is 1. The summed E-state index contributed by atoms with van der Waals surface area (Å²) in [7, 11) is 0. The number of rotatable bonds is 4. The van der Waals surface area contributed by atoms with Gasteiger partial charge in [-0.3, -0.25) is 4.98 Å². The molecule has 0 bridgehead atoms. The Labute approximate surface area is 107 Å². The normalized spacial score (nSPS) is 10.2. The van der Waals surface area contributed by atoms with Crippen molar-refractivity contribution in [2.75, 3.05) is 0 Å². The molecule has 1 heterocycles. The Morgan fingerprint density at radius 2 is 2.05 bits per heavy atom. The summed E-state index contributed by atoms with van der Waals surface area (Å²) in [4.78, 5) is 14.4. The minimum Gasteiger partial charge on any atom is -0.487 e. The molecule has 1 N–H and O–H groups in total. The maximum absolute atomic E-state index is 13.3. The van der Waals surface area contributed by atoms with Gasteiger partial charge in [0.05, 0.1) is 11.8 Å². The first-order chi connectivity index (χ1) is 9.06. The van der Waals surface area contributed by atoms with Crippen molar-refractivity contribution < 1.29 is 23.4 Å². The van der Waals surface area contributed by atoms with Gasteiger partial charge in [0.1, 0.15) is 24.0 Å². The van der Waals surface area contributed by atoms with Crippen LogP contribution in [0.5, 0.6) is 5.75 Å². The summed E-state index contributed by atoms with van der Waals surface area (Å²) in [6.07, 6.45) is 2.49. The number of aromatic carboxylic acids is 1. The lowest BCUT2D eigenvalue weighted by molar-refractivity contribution is 0.0696. The molecule has 4 nitrogen and oxygen atoms in total. The van der Waals surface area contributed by atoms with Gasteiger partial charge in [0.2, 0.25) is 0 Å². The van der Waals surface area contributed by atoms with E-state index in [1.54, 1.807) is 0 Å². The largest absolute Gasteiger partial charge is 0.487 e. The molecule has 6 heteroatoms. The van der Waals surface area contributed by atoms with Crippen molar-refractivity contribution >= 4 is 5.97 Å². The maximum Gasteiger partial charge on any atom is 0.337 e. The predicted octanol–water partition coefficient (Wildman–Crippen LogP) is 2.64. The molecule has 0 atom stereocenters. The minimum atomic E-state index is -1.13. The average molecular weight is 265 g/mol. The molecule has 0 saturated heterocycles. The smallest absolute Gasteiger partial charge is 0.337 e. The molecule has 0 spiro atoms. The predicted molar refractivity (Wildman–Crippen MR) is 61.9 cm³/mol. The zero-order valence-electron chi connectivity index (χ0n) is 9.64. The fraction of sp³-hybridized carbons (Fsp3) is 0.0769. The second kappa shape index (κ2) is 5.43. The van der Waals surface area contributed by atoms with Crippen LogP contribution in [-0.2, 0) is 6.61 Å². The number of halogens is 2. The fourth-order valence-electron chi connectivity index (χ4n) is 1.41. The fourth-order valence-corrected chi connectivity index (χ4v) is 1.41. The van der Waals surface area contributed by atoms with E-state index >= 15 is 0 Å². The molecule has 0 fully saturated rings. The second-order valence-electron chi connectivity index (χ2n) is 3.74. The van der Waals surface area contributed by atoms with Crippen molar-refractivity contribution in [1.82, 2.24) is 4.98 Å². The van der Waals surface area contributed by atoms with E-state index < -0.39 is 17.6 Å². The lowest BCUT2D eigenvalue weighted by Crippen LogP contribution is -2.02. The Hall–Kier alpha value is -2.50. The quantitative estimate of drug-likeness (QED) is 0.923. The molecule has 19 heavy (non-hydrogen) atoms. The minimum absolute atomic E-state index is 0.0305. The number of hydrogen-bond donors (Lipinski definition) is 1. The van der Waals surface area contributed by atoms with E-state index in [9.17, 15) is 13.6 Å². The summed E-state index contributed by atoms with van der Waals surface area (Å²) in [5.41, 5.74) is 0.138. The van der Waals surface area contributed by atoms with Crippen molar-refractivity contribution in [1.29, 1.82) is 0 Å². The van der Waals surface area contributed by atoms with Crippen molar-refractivity contribution in [2.45, 2.75) is 6.61 Å².